The maximum atomic E-state index is 11.2. The molecule has 0 aromatic carbocycles. The topological polar surface area (TPSA) is 55.8 Å². The number of amides is 2. The van der Waals surface area contributed by atoms with E-state index >= 15 is 0 Å². The zero-order valence-electron chi connectivity index (χ0n) is 10.9. The van der Waals surface area contributed by atoms with Gasteiger partial charge in [0, 0.05) is 18.8 Å². The molecule has 5 nitrogen and oxygen atoms in total. The van der Waals surface area contributed by atoms with Gasteiger partial charge in [-0.15, -0.1) is 0 Å². The molecule has 1 heterocycles. The fraction of sp³-hybridized carbons (Fsp3) is 0.692. The third-order valence-corrected chi connectivity index (χ3v) is 2.62. The van der Waals surface area contributed by atoms with Crippen molar-refractivity contribution < 1.29 is 19.1 Å². The molecule has 0 unspecified atom stereocenters. The van der Waals surface area contributed by atoms with E-state index in [2.05, 4.69) is 6.92 Å². The fourth-order valence-electron chi connectivity index (χ4n) is 1.58. The Morgan fingerprint density at radius 3 is 2.17 bits per heavy atom. The van der Waals surface area contributed by atoms with Crippen molar-refractivity contribution in [1.82, 2.24) is 4.90 Å². The Morgan fingerprint density at radius 2 is 1.56 bits per heavy atom. The van der Waals surface area contributed by atoms with Crippen LogP contribution in [0.2, 0.25) is 0 Å². The van der Waals surface area contributed by atoms with Crippen LogP contribution in [0.1, 0.15) is 26.2 Å². The van der Waals surface area contributed by atoms with Crippen LogP contribution in [0.5, 0.6) is 0 Å². The molecule has 0 N–H and O–H groups in total. The fourth-order valence-corrected chi connectivity index (χ4v) is 1.58. The molecule has 1 rings (SSSR count). The molecule has 0 aromatic rings. The predicted molar refractivity (Wildman–Crippen MR) is 67.0 cm³/mol. The predicted octanol–water partition coefficient (Wildman–Crippen LogP) is 1.13. The van der Waals surface area contributed by atoms with Crippen LogP contribution < -0.4 is 0 Å². The number of carbonyl (C=O) groups is 2. The van der Waals surface area contributed by atoms with Gasteiger partial charge in [0.25, 0.3) is 11.8 Å². The summed E-state index contributed by atoms with van der Waals surface area (Å²) in [4.78, 5) is 23.5. The highest BCUT2D eigenvalue weighted by Crippen LogP contribution is 2.02. The Bertz CT molecular complexity index is 283. The summed E-state index contributed by atoms with van der Waals surface area (Å²) >= 11 is 0. The van der Waals surface area contributed by atoms with Gasteiger partial charge in [-0.2, -0.15) is 0 Å². The molecule has 0 aromatic heterocycles. The van der Waals surface area contributed by atoms with Crippen LogP contribution in [-0.4, -0.2) is 49.7 Å². The minimum Gasteiger partial charge on any atom is -0.379 e. The van der Waals surface area contributed by atoms with Gasteiger partial charge in [0.2, 0.25) is 0 Å². The van der Waals surface area contributed by atoms with Crippen LogP contribution in [0, 0.1) is 0 Å². The first-order chi connectivity index (χ1) is 8.75. The normalized spacial score (nSPS) is 14.8. The minimum absolute atomic E-state index is 0.264. The van der Waals surface area contributed by atoms with E-state index in [-0.39, 0.29) is 11.8 Å². The highest BCUT2D eigenvalue weighted by Gasteiger charge is 2.22. The molecule has 18 heavy (non-hydrogen) atoms. The van der Waals surface area contributed by atoms with E-state index in [0.29, 0.717) is 26.4 Å². The van der Waals surface area contributed by atoms with E-state index in [1.165, 1.54) is 29.9 Å². The molecule has 0 atom stereocenters. The van der Waals surface area contributed by atoms with Crippen molar-refractivity contribution in [2.75, 3.05) is 33.0 Å². The summed E-state index contributed by atoms with van der Waals surface area (Å²) in [5.41, 5.74) is 0. The lowest BCUT2D eigenvalue weighted by molar-refractivity contribution is -0.137. The molecule has 0 aliphatic carbocycles. The lowest BCUT2D eigenvalue weighted by atomic mass is 10.3. The van der Waals surface area contributed by atoms with Crippen molar-refractivity contribution in [3.05, 3.63) is 12.2 Å². The number of hydrogen-bond donors (Lipinski definition) is 0. The second kappa shape index (κ2) is 8.83. The number of imide groups is 1. The van der Waals surface area contributed by atoms with Crippen LogP contribution in [0.3, 0.4) is 0 Å². The molecular formula is C13H21NO4. The summed E-state index contributed by atoms with van der Waals surface area (Å²) in [6, 6.07) is 0. The first-order valence-corrected chi connectivity index (χ1v) is 6.44. The average Bonchev–Trinajstić information content (AvgIpc) is 2.68. The van der Waals surface area contributed by atoms with E-state index in [0.717, 1.165) is 13.0 Å². The third-order valence-electron chi connectivity index (χ3n) is 2.62. The molecule has 1 aliphatic heterocycles. The van der Waals surface area contributed by atoms with Gasteiger partial charge >= 0.3 is 0 Å². The molecule has 0 radical (unpaired) electrons. The van der Waals surface area contributed by atoms with Crippen molar-refractivity contribution in [2.24, 2.45) is 0 Å². The molecule has 0 saturated carbocycles. The van der Waals surface area contributed by atoms with E-state index in [1.54, 1.807) is 0 Å². The van der Waals surface area contributed by atoms with Crippen LogP contribution in [0.4, 0.5) is 0 Å². The Morgan fingerprint density at radius 1 is 0.944 bits per heavy atom. The van der Waals surface area contributed by atoms with Crippen LogP contribution in [0.15, 0.2) is 12.2 Å². The monoisotopic (exact) mass is 255 g/mol. The van der Waals surface area contributed by atoms with Gasteiger partial charge in [-0.1, -0.05) is 19.8 Å². The first-order valence-electron chi connectivity index (χ1n) is 6.44. The lowest BCUT2D eigenvalue weighted by Gasteiger charge is -2.13. The van der Waals surface area contributed by atoms with E-state index in [9.17, 15) is 9.59 Å². The summed E-state index contributed by atoms with van der Waals surface area (Å²) < 4.78 is 10.7. The molecule has 102 valence electrons. The van der Waals surface area contributed by atoms with Crippen molar-refractivity contribution in [3.8, 4) is 0 Å². The van der Waals surface area contributed by atoms with Crippen LogP contribution in [-0.2, 0) is 19.1 Å². The van der Waals surface area contributed by atoms with E-state index in [4.69, 9.17) is 9.47 Å². The van der Waals surface area contributed by atoms with Crippen molar-refractivity contribution in [1.29, 1.82) is 0 Å². The molecular weight excluding hydrogens is 234 g/mol. The van der Waals surface area contributed by atoms with Crippen molar-refractivity contribution >= 4 is 11.8 Å². The molecule has 0 bridgehead atoms. The number of unbranched alkanes of at least 4 members (excludes halogenated alkanes) is 2. The van der Waals surface area contributed by atoms with E-state index in [1.807, 2.05) is 0 Å². The first kappa shape index (κ1) is 14.9. The minimum atomic E-state index is -0.264. The van der Waals surface area contributed by atoms with Gasteiger partial charge in [-0.3, -0.25) is 14.5 Å². The smallest absolute Gasteiger partial charge is 0.253 e. The molecule has 2 amide bonds. The second-order valence-corrected chi connectivity index (χ2v) is 4.09. The largest absolute Gasteiger partial charge is 0.379 e. The number of ether oxygens (including phenoxy) is 2. The van der Waals surface area contributed by atoms with E-state index < -0.39 is 0 Å². The Balaban J connectivity index is 1.90. The summed E-state index contributed by atoms with van der Waals surface area (Å²) in [5.74, 6) is -0.529. The van der Waals surface area contributed by atoms with Gasteiger partial charge in [-0.25, -0.2) is 0 Å². The van der Waals surface area contributed by atoms with Crippen LogP contribution >= 0.6 is 0 Å². The van der Waals surface area contributed by atoms with Crippen LogP contribution in [0.25, 0.3) is 0 Å². The van der Waals surface area contributed by atoms with Gasteiger partial charge in [0.15, 0.2) is 0 Å². The Hall–Kier alpha value is -1.20. The zero-order valence-corrected chi connectivity index (χ0v) is 10.9. The maximum absolute atomic E-state index is 11.2. The third kappa shape index (κ3) is 5.42. The number of carbonyl (C=O) groups excluding carboxylic acids is 2. The number of hydrogen-bond acceptors (Lipinski definition) is 4. The second-order valence-electron chi connectivity index (χ2n) is 4.09. The van der Waals surface area contributed by atoms with Crippen molar-refractivity contribution in [3.63, 3.8) is 0 Å². The average molecular weight is 255 g/mol. The molecule has 0 fully saturated rings. The molecule has 1 aliphatic rings. The Labute approximate surface area is 108 Å². The quantitative estimate of drug-likeness (QED) is 0.434. The zero-order chi connectivity index (χ0) is 13.2. The number of nitrogens with zero attached hydrogens (tertiary/aromatic N) is 1. The summed E-state index contributed by atoms with van der Waals surface area (Å²) in [5, 5.41) is 0. The lowest BCUT2D eigenvalue weighted by Crippen LogP contribution is -2.33. The summed E-state index contributed by atoms with van der Waals surface area (Å²) in [6.07, 6.45) is 6.01. The number of rotatable bonds is 10. The SMILES string of the molecule is CCCCCOCCOCCN1C(=O)C=CC1=O. The maximum Gasteiger partial charge on any atom is 0.253 e. The summed E-state index contributed by atoms with van der Waals surface area (Å²) in [7, 11) is 0. The van der Waals surface area contributed by atoms with Gasteiger partial charge in [-0.05, 0) is 6.42 Å². The van der Waals surface area contributed by atoms with Gasteiger partial charge < -0.3 is 9.47 Å². The standard InChI is InChI=1S/C13H21NO4/c1-2-3-4-8-17-10-11-18-9-7-14-12(15)5-6-13(14)16/h5-6H,2-4,7-11H2,1H3. The highest BCUT2D eigenvalue weighted by atomic mass is 16.5. The summed E-state index contributed by atoms with van der Waals surface area (Å²) in [6.45, 7) is 4.64. The van der Waals surface area contributed by atoms with Gasteiger partial charge in [0.1, 0.15) is 0 Å². The molecule has 0 saturated heterocycles. The molecule has 5 heteroatoms. The molecule has 0 spiro atoms. The Kier molecular flexibility index (Phi) is 7.29. The van der Waals surface area contributed by atoms with Crippen molar-refractivity contribution in [2.45, 2.75) is 26.2 Å². The van der Waals surface area contributed by atoms with Gasteiger partial charge in [0.05, 0.1) is 26.4 Å². The highest BCUT2D eigenvalue weighted by molar-refractivity contribution is 6.12.